The Hall–Kier alpha value is -0.820. The summed E-state index contributed by atoms with van der Waals surface area (Å²) in [5.41, 5.74) is 1.46. The highest BCUT2D eigenvalue weighted by Gasteiger charge is 2.24. The normalized spacial score (nSPS) is 21.0. The number of rotatable bonds is 7. The number of nitrogens with one attached hydrogen (secondary N) is 1. The maximum Gasteiger partial charge on any atom is 0.193 e. The van der Waals surface area contributed by atoms with E-state index >= 15 is 0 Å². The lowest BCUT2D eigenvalue weighted by Crippen LogP contribution is -2.40. The first kappa shape index (κ1) is 21.5. The lowest BCUT2D eigenvalue weighted by molar-refractivity contribution is 0.330. The molecule has 1 atom stereocenters. The van der Waals surface area contributed by atoms with E-state index in [-0.39, 0.29) is 24.0 Å². The number of halogens is 1. The van der Waals surface area contributed by atoms with Crippen LogP contribution in [0.15, 0.2) is 35.3 Å². The second-order valence-electron chi connectivity index (χ2n) is 7.52. The molecule has 2 saturated heterocycles. The molecule has 1 aromatic carbocycles. The van der Waals surface area contributed by atoms with Gasteiger partial charge in [-0.2, -0.15) is 0 Å². The van der Waals surface area contributed by atoms with Crippen LogP contribution in [0.1, 0.15) is 37.7 Å². The summed E-state index contributed by atoms with van der Waals surface area (Å²) in [6, 6.07) is 10.9. The molecule has 0 amide bonds. The highest BCUT2D eigenvalue weighted by atomic mass is 127. The van der Waals surface area contributed by atoms with Crippen LogP contribution in [-0.4, -0.2) is 62.1 Å². The summed E-state index contributed by atoms with van der Waals surface area (Å²) in [6.07, 6.45) is 7.76. The van der Waals surface area contributed by atoms with Crippen LogP contribution in [0.4, 0.5) is 0 Å². The van der Waals surface area contributed by atoms with Crippen molar-refractivity contribution in [2.45, 2.75) is 38.5 Å². The van der Waals surface area contributed by atoms with Gasteiger partial charge in [0.1, 0.15) is 0 Å². The Morgan fingerprint density at radius 1 is 1.12 bits per heavy atom. The average Bonchev–Trinajstić information content (AvgIpc) is 3.31. The van der Waals surface area contributed by atoms with Crippen molar-refractivity contribution in [1.82, 2.24) is 15.1 Å². The molecule has 2 aliphatic heterocycles. The molecule has 26 heavy (non-hydrogen) atoms. The van der Waals surface area contributed by atoms with E-state index in [0.29, 0.717) is 0 Å². The molecule has 0 bridgehead atoms. The minimum absolute atomic E-state index is 0. The molecule has 0 saturated carbocycles. The Labute approximate surface area is 176 Å². The second-order valence-corrected chi connectivity index (χ2v) is 7.52. The van der Waals surface area contributed by atoms with Gasteiger partial charge in [-0.15, -0.1) is 24.0 Å². The molecule has 5 heteroatoms. The molecular formula is C21H35IN4. The van der Waals surface area contributed by atoms with E-state index in [4.69, 9.17) is 0 Å². The topological polar surface area (TPSA) is 30.9 Å². The van der Waals surface area contributed by atoms with Crippen molar-refractivity contribution in [2.75, 3.05) is 46.3 Å². The molecule has 0 aromatic heterocycles. The molecule has 1 unspecified atom stereocenters. The molecule has 0 radical (unpaired) electrons. The van der Waals surface area contributed by atoms with E-state index in [0.717, 1.165) is 31.5 Å². The first-order valence-corrected chi connectivity index (χ1v) is 10.1. The van der Waals surface area contributed by atoms with Gasteiger partial charge >= 0.3 is 0 Å². The summed E-state index contributed by atoms with van der Waals surface area (Å²) < 4.78 is 0. The number of nitrogens with zero attached hydrogens (tertiary/aromatic N) is 3. The summed E-state index contributed by atoms with van der Waals surface area (Å²) in [5, 5.41) is 3.58. The van der Waals surface area contributed by atoms with Crippen LogP contribution >= 0.6 is 24.0 Å². The standard InChI is InChI=1S/C21H34N4.HI/c1-22-21(23-12-5-6-13-24-14-7-8-15-24)25-16-11-20(18-25)17-19-9-3-2-4-10-19;/h2-4,9-10,20H,5-8,11-18H2,1H3,(H,22,23);1H. The van der Waals surface area contributed by atoms with Crippen molar-refractivity contribution in [3.8, 4) is 0 Å². The van der Waals surface area contributed by atoms with Gasteiger partial charge in [0.25, 0.3) is 0 Å². The SMILES string of the molecule is CN=C(NCCCCN1CCCC1)N1CCC(Cc2ccccc2)C1.I. The van der Waals surface area contributed by atoms with Crippen molar-refractivity contribution in [3.05, 3.63) is 35.9 Å². The number of unbranched alkanes of at least 4 members (excludes halogenated alkanes) is 1. The van der Waals surface area contributed by atoms with Gasteiger partial charge in [0.2, 0.25) is 0 Å². The summed E-state index contributed by atoms with van der Waals surface area (Å²) in [7, 11) is 1.91. The van der Waals surface area contributed by atoms with E-state index in [2.05, 4.69) is 50.4 Å². The molecule has 4 nitrogen and oxygen atoms in total. The van der Waals surface area contributed by atoms with Gasteiger partial charge in [-0.25, -0.2) is 0 Å². The van der Waals surface area contributed by atoms with Crippen LogP contribution < -0.4 is 5.32 Å². The van der Waals surface area contributed by atoms with Crippen molar-refractivity contribution in [1.29, 1.82) is 0 Å². The highest BCUT2D eigenvalue weighted by Crippen LogP contribution is 2.20. The van der Waals surface area contributed by atoms with E-state index in [1.165, 1.54) is 63.7 Å². The summed E-state index contributed by atoms with van der Waals surface area (Å²) in [6.45, 7) is 7.19. The van der Waals surface area contributed by atoms with Crippen LogP contribution in [0.3, 0.4) is 0 Å². The quantitative estimate of drug-likeness (QED) is 0.286. The maximum absolute atomic E-state index is 4.51. The zero-order valence-electron chi connectivity index (χ0n) is 16.2. The molecule has 0 spiro atoms. The minimum atomic E-state index is 0. The largest absolute Gasteiger partial charge is 0.356 e. The van der Waals surface area contributed by atoms with Gasteiger partial charge < -0.3 is 15.1 Å². The third kappa shape index (κ3) is 6.72. The smallest absolute Gasteiger partial charge is 0.193 e. The van der Waals surface area contributed by atoms with E-state index < -0.39 is 0 Å². The Kier molecular flexibility index (Phi) is 9.75. The third-order valence-electron chi connectivity index (χ3n) is 5.55. The van der Waals surface area contributed by atoms with Gasteiger partial charge in [-0.1, -0.05) is 30.3 Å². The molecule has 0 aliphatic carbocycles. The summed E-state index contributed by atoms with van der Waals surface area (Å²) in [5.74, 6) is 1.84. The zero-order chi connectivity index (χ0) is 17.3. The first-order chi connectivity index (χ1) is 12.3. The maximum atomic E-state index is 4.51. The lowest BCUT2D eigenvalue weighted by Gasteiger charge is -2.22. The fraction of sp³-hybridized carbons (Fsp3) is 0.667. The molecular weight excluding hydrogens is 435 g/mol. The number of likely N-dealkylation sites (tertiary alicyclic amines) is 2. The fourth-order valence-electron chi connectivity index (χ4n) is 4.14. The number of hydrogen-bond acceptors (Lipinski definition) is 2. The monoisotopic (exact) mass is 470 g/mol. The van der Waals surface area contributed by atoms with Crippen molar-refractivity contribution < 1.29 is 0 Å². The van der Waals surface area contributed by atoms with Gasteiger partial charge in [0.15, 0.2) is 5.96 Å². The molecule has 146 valence electrons. The molecule has 2 fully saturated rings. The van der Waals surface area contributed by atoms with Crippen LogP contribution in [0.2, 0.25) is 0 Å². The first-order valence-electron chi connectivity index (χ1n) is 10.1. The van der Waals surface area contributed by atoms with Gasteiger partial charge in [-0.05, 0) is 69.6 Å². The number of aliphatic imine (C=N–C) groups is 1. The predicted octanol–water partition coefficient (Wildman–Crippen LogP) is 3.62. The van der Waals surface area contributed by atoms with Crippen molar-refractivity contribution >= 4 is 29.9 Å². The Balaban J connectivity index is 0.00000243. The number of hydrogen-bond donors (Lipinski definition) is 1. The van der Waals surface area contributed by atoms with E-state index in [1.807, 2.05) is 7.05 Å². The summed E-state index contributed by atoms with van der Waals surface area (Å²) in [4.78, 5) is 9.55. The number of benzene rings is 1. The van der Waals surface area contributed by atoms with Crippen LogP contribution in [-0.2, 0) is 6.42 Å². The van der Waals surface area contributed by atoms with Crippen molar-refractivity contribution in [2.24, 2.45) is 10.9 Å². The molecule has 2 heterocycles. The fourth-order valence-corrected chi connectivity index (χ4v) is 4.14. The van der Waals surface area contributed by atoms with Crippen LogP contribution in [0.5, 0.6) is 0 Å². The van der Waals surface area contributed by atoms with E-state index in [9.17, 15) is 0 Å². The van der Waals surface area contributed by atoms with E-state index in [1.54, 1.807) is 0 Å². The summed E-state index contributed by atoms with van der Waals surface area (Å²) >= 11 is 0. The molecule has 2 aliphatic rings. The Bertz CT molecular complexity index is 528. The van der Waals surface area contributed by atoms with Crippen molar-refractivity contribution in [3.63, 3.8) is 0 Å². The Morgan fingerprint density at radius 3 is 2.62 bits per heavy atom. The third-order valence-corrected chi connectivity index (χ3v) is 5.55. The van der Waals surface area contributed by atoms with Gasteiger partial charge in [0, 0.05) is 26.7 Å². The van der Waals surface area contributed by atoms with Crippen LogP contribution in [0, 0.1) is 5.92 Å². The average molecular weight is 470 g/mol. The van der Waals surface area contributed by atoms with Crippen LogP contribution in [0.25, 0.3) is 0 Å². The minimum Gasteiger partial charge on any atom is -0.356 e. The van der Waals surface area contributed by atoms with Gasteiger partial charge in [0.05, 0.1) is 0 Å². The lowest BCUT2D eigenvalue weighted by atomic mass is 9.99. The zero-order valence-corrected chi connectivity index (χ0v) is 18.5. The molecule has 1 aromatic rings. The second kappa shape index (κ2) is 11.8. The molecule has 1 N–H and O–H groups in total. The molecule has 3 rings (SSSR count). The predicted molar refractivity (Wildman–Crippen MR) is 122 cm³/mol. The number of guanidine groups is 1. The Morgan fingerprint density at radius 2 is 1.88 bits per heavy atom. The van der Waals surface area contributed by atoms with Gasteiger partial charge in [-0.3, -0.25) is 4.99 Å². The highest BCUT2D eigenvalue weighted by molar-refractivity contribution is 14.0.